The molecule has 0 amide bonds. The van der Waals surface area contributed by atoms with Gasteiger partial charge in [-0.1, -0.05) is 6.92 Å². The van der Waals surface area contributed by atoms with Crippen molar-refractivity contribution in [1.82, 2.24) is 0 Å². The maximum atomic E-state index is 13.0. The van der Waals surface area contributed by atoms with Crippen LogP contribution in [0.4, 0.5) is 8.78 Å². The molecule has 0 fully saturated rings. The number of halogens is 2. The van der Waals surface area contributed by atoms with Crippen LogP contribution in [-0.2, 0) is 0 Å². The molecule has 1 atom stereocenters. The largest absolute Gasteiger partial charge is 0.494 e. The van der Waals surface area contributed by atoms with E-state index < -0.39 is 11.6 Å². The Morgan fingerprint density at radius 2 is 2.07 bits per heavy atom. The van der Waals surface area contributed by atoms with E-state index in [0.717, 1.165) is 6.07 Å². The highest BCUT2D eigenvalue weighted by molar-refractivity contribution is 5.33. The third-order valence-corrected chi connectivity index (χ3v) is 2.16. The molecular weight excluding hydrogens is 188 g/mol. The lowest BCUT2D eigenvalue weighted by Gasteiger charge is -2.11. The third-order valence-electron chi connectivity index (χ3n) is 2.16. The predicted molar refractivity (Wildman–Crippen MR) is 50.4 cm³/mol. The molecule has 1 aromatic carbocycles. The zero-order valence-electron chi connectivity index (χ0n) is 8.18. The van der Waals surface area contributed by atoms with Crippen molar-refractivity contribution in [3.8, 4) is 5.75 Å². The Bertz CT molecular complexity index is 328. The molecule has 0 bridgehead atoms. The van der Waals surface area contributed by atoms with Crippen LogP contribution in [0.2, 0.25) is 0 Å². The molecule has 0 radical (unpaired) electrons. The van der Waals surface area contributed by atoms with Crippen molar-refractivity contribution in [1.29, 1.82) is 0 Å². The van der Waals surface area contributed by atoms with Gasteiger partial charge in [0.15, 0.2) is 11.6 Å². The highest BCUT2D eigenvalue weighted by Gasteiger charge is 2.13. The highest BCUT2D eigenvalue weighted by atomic mass is 19.2. The second-order valence-corrected chi connectivity index (χ2v) is 3.16. The van der Waals surface area contributed by atoms with E-state index in [9.17, 15) is 8.78 Å². The van der Waals surface area contributed by atoms with Gasteiger partial charge in [-0.2, -0.15) is 4.39 Å². The van der Waals surface area contributed by atoms with Gasteiger partial charge >= 0.3 is 0 Å². The van der Waals surface area contributed by atoms with Crippen LogP contribution in [0.3, 0.4) is 0 Å². The maximum absolute atomic E-state index is 13.0. The second-order valence-electron chi connectivity index (χ2n) is 3.16. The van der Waals surface area contributed by atoms with E-state index in [1.165, 1.54) is 13.2 Å². The number of ether oxygens (including phenoxy) is 1. The lowest BCUT2D eigenvalue weighted by Crippen LogP contribution is -2.09. The summed E-state index contributed by atoms with van der Waals surface area (Å²) in [5.41, 5.74) is 6.07. The predicted octanol–water partition coefficient (Wildman–Crippen LogP) is 2.04. The van der Waals surface area contributed by atoms with Gasteiger partial charge in [-0.05, 0) is 30.2 Å². The molecule has 14 heavy (non-hydrogen) atoms. The van der Waals surface area contributed by atoms with Crippen LogP contribution in [0.15, 0.2) is 12.1 Å². The van der Waals surface area contributed by atoms with Gasteiger partial charge in [0.05, 0.1) is 7.11 Å². The van der Waals surface area contributed by atoms with Crippen LogP contribution >= 0.6 is 0 Å². The van der Waals surface area contributed by atoms with Gasteiger partial charge in [0.2, 0.25) is 5.82 Å². The summed E-state index contributed by atoms with van der Waals surface area (Å²) in [7, 11) is 1.30. The Balaban J connectivity index is 3.16. The van der Waals surface area contributed by atoms with Crippen molar-refractivity contribution in [3.63, 3.8) is 0 Å². The standard InChI is InChI=1S/C10H13F2NO/c1-6(5-13)7-3-8(11)10(12)9(4-7)14-2/h3-4,6H,5,13H2,1-2H3. The molecule has 78 valence electrons. The zero-order valence-corrected chi connectivity index (χ0v) is 8.18. The Morgan fingerprint density at radius 1 is 1.43 bits per heavy atom. The summed E-state index contributed by atoms with van der Waals surface area (Å²) in [6.45, 7) is 2.22. The summed E-state index contributed by atoms with van der Waals surface area (Å²) in [6.07, 6.45) is 0. The smallest absolute Gasteiger partial charge is 0.200 e. The van der Waals surface area contributed by atoms with Crippen molar-refractivity contribution in [3.05, 3.63) is 29.3 Å². The lowest BCUT2D eigenvalue weighted by molar-refractivity contribution is 0.370. The first-order valence-electron chi connectivity index (χ1n) is 4.33. The number of methoxy groups -OCH3 is 1. The molecule has 0 aromatic heterocycles. The van der Waals surface area contributed by atoms with Crippen molar-refractivity contribution in [2.24, 2.45) is 5.73 Å². The fourth-order valence-corrected chi connectivity index (χ4v) is 1.15. The van der Waals surface area contributed by atoms with Crippen LogP contribution < -0.4 is 10.5 Å². The molecular formula is C10H13F2NO. The number of hydrogen-bond acceptors (Lipinski definition) is 2. The minimum absolute atomic E-state index is 0.0148. The van der Waals surface area contributed by atoms with Gasteiger partial charge in [0.25, 0.3) is 0 Å². The summed E-state index contributed by atoms with van der Waals surface area (Å²) in [5.74, 6) is -1.96. The molecule has 0 aliphatic heterocycles. The lowest BCUT2D eigenvalue weighted by atomic mass is 10.0. The van der Waals surface area contributed by atoms with Gasteiger partial charge in [-0.15, -0.1) is 0 Å². The topological polar surface area (TPSA) is 35.2 Å². The number of rotatable bonds is 3. The zero-order chi connectivity index (χ0) is 10.7. The molecule has 0 saturated heterocycles. The van der Waals surface area contributed by atoms with Crippen LogP contribution in [0.1, 0.15) is 18.4 Å². The van der Waals surface area contributed by atoms with E-state index in [-0.39, 0.29) is 11.7 Å². The Labute approximate surface area is 81.7 Å². The van der Waals surface area contributed by atoms with Crippen LogP contribution in [-0.4, -0.2) is 13.7 Å². The van der Waals surface area contributed by atoms with Crippen molar-refractivity contribution >= 4 is 0 Å². The van der Waals surface area contributed by atoms with Gasteiger partial charge < -0.3 is 10.5 Å². The number of hydrogen-bond donors (Lipinski definition) is 1. The van der Waals surface area contributed by atoms with Crippen LogP contribution in [0, 0.1) is 11.6 Å². The molecule has 2 N–H and O–H groups in total. The SMILES string of the molecule is COc1cc(C(C)CN)cc(F)c1F. The summed E-state index contributed by atoms with van der Waals surface area (Å²) in [4.78, 5) is 0. The molecule has 0 spiro atoms. The van der Waals surface area contributed by atoms with E-state index in [2.05, 4.69) is 0 Å². The second kappa shape index (κ2) is 4.37. The normalized spacial score (nSPS) is 12.6. The monoisotopic (exact) mass is 201 g/mol. The fourth-order valence-electron chi connectivity index (χ4n) is 1.15. The molecule has 1 unspecified atom stereocenters. The maximum Gasteiger partial charge on any atom is 0.200 e. The van der Waals surface area contributed by atoms with Crippen LogP contribution in [0.5, 0.6) is 5.75 Å². The van der Waals surface area contributed by atoms with E-state index >= 15 is 0 Å². The van der Waals surface area contributed by atoms with Gasteiger partial charge in [0.1, 0.15) is 0 Å². The van der Waals surface area contributed by atoms with Crippen molar-refractivity contribution in [2.45, 2.75) is 12.8 Å². The first kappa shape index (κ1) is 10.9. The number of nitrogens with two attached hydrogens (primary N) is 1. The summed E-state index contributed by atoms with van der Waals surface area (Å²) in [5, 5.41) is 0. The summed E-state index contributed by atoms with van der Waals surface area (Å²) < 4.78 is 30.8. The van der Waals surface area contributed by atoms with Crippen molar-refractivity contribution < 1.29 is 13.5 Å². The van der Waals surface area contributed by atoms with Gasteiger partial charge in [-0.3, -0.25) is 0 Å². The average Bonchev–Trinajstić information content (AvgIpc) is 2.20. The molecule has 0 aliphatic rings. The first-order valence-corrected chi connectivity index (χ1v) is 4.33. The molecule has 1 aromatic rings. The minimum atomic E-state index is -0.958. The molecule has 1 rings (SSSR count). The highest BCUT2D eigenvalue weighted by Crippen LogP contribution is 2.25. The fraction of sp³-hybridized carbons (Fsp3) is 0.400. The quantitative estimate of drug-likeness (QED) is 0.812. The van der Waals surface area contributed by atoms with Crippen molar-refractivity contribution in [2.75, 3.05) is 13.7 Å². The summed E-state index contributed by atoms with van der Waals surface area (Å²) in [6, 6.07) is 2.62. The Hall–Kier alpha value is -1.16. The van der Waals surface area contributed by atoms with E-state index in [1.807, 2.05) is 6.92 Å². The average molecular weight is 201 g/mol. The third kappa shape index (κ3) is 2.01. The molecule has 4 heteroatoms. The molecule has 0 aliphatic carbocycles. The van der Waals surface area contributed by atoms with Gasteiger partial charge in [-0.25, -0.2) is 4.39 Å². The van der Waals surface area contributed by atoms with E-state index in [0.29, 0.717) is 12.1 Å². The first-order chi connectivity index (χ1) is 6.60. The number of benzene rings is 1. The van der Waals surface area contributed by atoms with E-state index in [4.69, 9.17) is 10.5 Å². The molecule has 0 heterocycles. The minimum Gasteiger partial charge on any atom is -0.494 e. The molecule has 2 nitrogen and oxygen atoms in total. The Morgan fingerprint density at radius 3 is 2.57 bits per heavy atom. The summed E-state index contributed by atoms with van der Waals surface area (Å²) >= 11 is 0. The van der Waals surface area contributed by atoms with Crippen LogP contribution in [0.25, 0.3) is 0 Å². The van der Waals surface area contributed by atoms with Gasteiger partial charge in [0, 0.05) is 0 Å². The van der Waals surface area contributed by atoms with E-state index in [1.54, 1.807) is 0 Å². The molecule has 0 saturated carbocycles. The Kier molecular flexibility index (Phi) is 3.41.